The lowest BCUT2D eigenvalue weighted by Crippen LogP contribution is -3.00. The minimum Gasteiger partial charge on any atom is -1.00 e. The molecule has 6 heteroatoms. The molecule has 5 rings (SSSR count). The fourth-order valence-electron chi connectivity index (χ4n) is 5.16. The highest BCUT2D eigenvalue weighted by Gasteiger charge is 2.24. The molecule has 0 N–H and O–H groups in total. The quantitative estimate of drug-likeness (QED) is 0.292. The van der Waals surface area contributed by atoms with Crippen LogP contribution < -0.4 is 33.4 Å². The van der Waals surface area contributed by atoms with Crippen molar-refractivity contribution >= 4 is 45.1 Å². The number of fused-ring (bicyclic) bond motifs is 2. The van der Waals surface area contributed by atoms with Gasteiger partial charge in [-0.2, -0.15) is 4.57 Å². The van der Waals surface area contributed by atoms with Gasteiger partial charge >= 0.3 is 0 Å². The number of aromatic nitrogens is 1. The highest BCUT2D eigenvalue weighted by molar-refractivity contribution is 8.03. The van der Waals surface area contributed by atoms with E-state index in [2.05, 4.69) is 115 Å². The summed E-state index contributed by atoms with van der Waals surface area (Å²) < 4.78 is 3.77. The molecule has 0 radical (unpaired) electrons. The summed E-state index contributed by atoms with van der Waals surface area (Å²) in [6, 6.07) is 17.4. The standard InChI is InChI=1S/C30H34N3S2.HI/c1-5-32-24-14-7-9-16-26(24)34-28(32)20-18-22-12-11-13-23(30(22)31(3)4)19-21-29-33(6-2)25-15-8-10-17-27(25)35-29;/h7-10,14-21H,5-6,11-13H2,1-4H3;1H/q+1;/p-1. The number of allylic oxidation sites excluding steroid dienone is 5. The van der Waals surface area contributed by atoms with Crippen molar-refractivity contribution in [1.82, 2.24) is 4.90 Å². The van der Waals surface area contributed by atoms with Crippen LogP contribution in [0.1, 0.15) is 38.1 Å². The highest BCUT2D eigenvalue weighted by atomic mass is 127. The van der Waals surface area contributed by atoms with Gasteiger partial charge in [-0.05, 0) is 74.6 Å². The number of anilines is 1. The van der Waals surface area contributed by atoms with E-state index >= 15 is 0 Å². The number of hydrogen-bond donors (Lipinski definition) is 0. The van der Waals surface area contributed by atoms with Gasteiger partial charge in [0.1, 0.15) is 11.2 Å². The maximum Gasteiger partial charge on any atom is 0.262 e. The van der Waals surface area contributed by atoms with E-state index in [1.165, 1.54) is 54.1 Å². The third-order valence-electron chi connectivity index (χ3n) is 6.71. The molecule has 188 valence electrons. The van der Waals surface area contributed by atoms with Crippen molar-refractivity contribution in [3.05, 3.63) is 93.6 Å². The Morgan fingerprint density at radius 1 is 0.972 bits per heavy atom. The molecule has 0 bridgehead atoms. The van der Waals surface area contributed by atoms with Gasteiger partial charge < -0.3 is 33.8 Å². The average molecular weight is 628 g/mol. The van der Waals surface area contributed by atoms with E-state index in [0.717, 1.165) is 25.9 Å². The molecule has 3 aromatic rings. The highest BCUT2D eigenvalue weighted by Crippen LogP contribution is 2.45. The van der Waals surface area contributed by atoms with E-state index in [-0.39, 0.29) is 24.0 Å². The molecule has 36 heavy (non-hydrogen) atoms. The van der Waals surface area contributed by atoms with Crippen LogP contribution in [0.4, 0.5) is 5.69 Å². The van der Waals surface area contributed by atoms with E-state index in [9.17, 15) is 0 Å². The van der Waals surface area contributed by atoms with Gasteiger partial charge in [0.15, 0.2) is 0 Å². The number of thiazole rings is 1. The van der Waals surface area contributed by atoms with Crippen LogP contribution in [0.3, 0.4) is 0 Å². The second kappa shape index (κ2) is 12.0. The van der Waals surface area contributed by atoms with Crippen LogP contribution in [0.2, 0.25) is 0 Å². The monoisotopic (exact) mass is 627 g/mol. The topological polar surface area (TPSA) is 10.4 Å². The molecule has 1 aliphatic carbocycles. The second-order valence-electron chi connectivity index (χ2n) is 9.12. The van der Waals surface area contributed by atoms with Crippen molar-refractivity contribution in [3.8, 4) is 0 Å². The van der Waals surface area contributed by atoms with Crippen molar-refractivity contribution in [2.75, 3.05) is 25.5 Å². The summed E-state index contributed by atoms with van der Waals surface area (Å²) in [7, 11) is 4.36. The first kappa shape index (κ1) is 27.0. The summed E-state index contributed by atoms with van der Waals surface area (Å²) in [5.41, 5.74) is 6.89. The zero-order valence-corrected chi connectivity index (χ0v) is 25.3. The number of para-hydroxylation sites is 2. The first-order valence-electron chi connectivity index (χ1n) is 12.6. The van der Waals surface area contributed by atoms with E-state index in [0.29, 0.717) is 0 Å². The maximum absolute atomic E-state index is 2.42. The molecule has 0 fully saturated rings. The third kappa shape index (κ3) is 5.31. The molecule has 0 spiro atoms. The van der Waals surface area contributed by atoms with Gasteiger partial charge in [-0.15, -0.1) is 0 Å². The van der Waals surface area contributed by atoms with Crippen LogP contribution in [-0.4, -0.2) is 25.5 Å². The van der Waals surface area contributed by atoms with Gasteiger partial charge in [0.2, 0.25) is 5.52 Å². The zero-order chi connectivity index (χ0) is 24.4. The van der Waals surface area contributed by atoms with Crippen LogP contribution in [-0.2, 0) is 6.54 Å². The summed E-state index contributed by atoms with van der Waals surface area (Å²) in [6.07, 6.45) is 12.8. The van der Waals surface area contributed by atoms with Gasteiger partial charge in [-0.1, -0.05) is 53.4 Å². The molecule has 2 aliphatic rings. The number of hydrogen-bond acceptors (Lipinski definition) is 4. The van der Waals surface area contributed by atoms with Crippen LogP contribution in [0.5, 0.6) is 0 Å². The number of aryl methyl sites for hydroxylation is 1. The van der Waals surface area contributed by atoms with Crippen LogP contribution in [0.15, 0.2) is 93.5 Å². The Labute approximate surface area is 240 Å². The Bertz CT molecular complexity index is 1360. The Balaban J connectivity index is 0.00000304. The van der Waals surface area contributed by atoms with Crippen molar-refractivity contribution < 1.29 is 28.5 Å². The predicted molar refractivity (Wildman–Crippen MR) is 153 cm³/mol. The minimum atomic E-state index is 0. The molecule has 0 unspecified atom stereocenters. The fraction of sp³-hybridized carbons (Fsp3) is 0.300. The number of benzene rings is 2. The van der Waals surface area contributed by atoms with Crippen LogP contribution in [0.25, 0.3) is 16.3 Å². The molecule has 1 aliphatic heterocycles. The summed E-state index contributed by atoms with van der Waals surface area (Å²) in [5.74, 6) is 0. The van der Waals surface area contributed by atoms with E-state index < -0.39 is 0 Å². The van der Waals surface area contributed by atoms with Crippen molar-refractivity contribution in [3.63, 3.8) is 0 Å². The number of thioether (sulfide) groups is 1. The number of likely N-dealkylation sites (N-methyl/N-ethyl adjacent to an activating group) is 1. The van der Waals surface area contributed by atoms with Crippen molar-refractivity contribution in [2.45, 2.75) is 44.6 Å². The second-order valence-corrected chi connectivity index (χ2v) is 11.2. The van der Waals surface area contributed by atoms with E-state index in [1.807, 2.05) is 23.1 Å². The SMILES string of the molecule is CCN1C(=CC=C2CCCC(C=Cc3sc4ccccc4[n+]3CC)=C2N(C)C)Sc2ccccc21.[I-]. The number of rotatable bonds is 6. The summed E-state index contributed by atoms with van der Waals surface area (Å²) >= 11 is 3.76. The normalized spacial score (nSPS) is 17.9. The number of halogens is 1. The molecule has 0 saturated carbocycles. The van der Waals surface area contributed by atoms with Gasteiger partial charge in [0, 0.05) is 43.4 Å². The maximum atomic E-state index is 2.42. The van der Waals surface area contributed by atoms with Gasteiger partial charge in [-0.25, -0.2) is 0 Å². The predicted octanol–water partition coefficient (Wildman–Crippen LogP) is 4.63. The molecule has 1 aromatic heterocycles. The third-order valence-corrected chi connectivity index (χ3v) is 8.97. The Morgan fingerprint density at radius 3 is 2.53 bits per heavy atom. The van der Waals surface area contributed by atoms with E-state index in [1.54, 1.807) is 0 Å². The molecule has 3 nitrogen and oxygen atoms in total. The lowest BCUT2D eigenvalue weighted by molar-refractivity contribution is -0.665. The molecular weight excluding hydrogens is 593 g/mol. The first-order chi connectivity index (χ1) is 17.1. The lowest BCUT2D eigenvalue weighted by atomic mass is 9.90. The largest absolute Gasteiger partial charge is 1.00 e. The Hall–Kier alpha value is -2.03. The van der Waals surface area contributed by atoms with Crippen LogP contribution >= 0.6 is 23.1 Å². The number of nitrogens with zero attached hydrogens (tertiary/aromatic N) is 3. The van der Waals surface area contributed by atoms with Crippen LogP contribution in [0, 0.1) is 0 Å². The van der Waals surface area contributed by atoms with E-state index in [4.69, 9.17) is 0 Å². The Kier molecular flexibility index (Phi) is 9.01. The minimum absolute atomic E-state index is 0. The fourth-order valence-corrected chi connectivity index (χ4v) is 7.42. The Morgan fingerprint density at radius 2 is 1.75 bits per heavy atom. The molecule has 0 saturated heterocycles. The summed E-state index contributed by atoms with van der Waals surface area (Å²) in [4.78, 5) is 6.07. The van der Waals surface area contributed by atoms with Gasteiger partial charge in [0.25, 0.3) is 5.01 Å². The summed E-state index contributed by atoms with van der Waals surface area (Å²) in [5, 5.41) is 2.63. The molecule has 2 heterocycles. The molecule has 0 amide bonds. The molecular formula is C30H34IN3S2. The molecule has 2 aromatic carbocycles. The smallest absolute Gasteiger partial charge is 0.262 e. The zero-order valence-electron chi connectivity index (χ0n) is 21.5. The first-order valence-corrected chi connectivity index (χ1v) is 14.2. The van der Waals surface area contributed by atoms with Gasteiger partial charge in [0.05, 0.1) is 10.7 Å². The van der Waals surface area contributed by atoms with Crippen molar-refractivity contribution in [2.24, 2.45) is 0 Å². The van der Waals surface area contributed by atoms with Crippen molar-refractivity contribution in [1.29, 1.82) is 0 Å². The van der Waals surface area contributed by atoms with Gasteiger partial charge in [-0.3, -0.25) is 0 Å². The molecule has 0 atom stereocenters. The lowest BCUT2D eigenvalue weighted by Gasteiger charge is -2.27. The summed E-state index contributed by atoms with van der Waals surface area (Å²) in [6.45, 7) is 6.43. The average Bonchev–Trinajstić information content (AvgIpc) is 3.42.